The first kappa shape index (κ1) is 21.4. The van der Waals surface area contributed by atoms with Crippen molar-refractivity contribution in [1.82, 2.24) is 4.90 Å². The van der Waals surface area contributed by atoms with Crippen molar-refractivity contribution in [2.24, 2.45) is 5.92 Å². The molecule has 1 amide bonds. The Balaban J connectivity index is 1.32. The first-order valence-electron chi connectivity index (χ1n) is 10.5. The summed E-state index contributed by atoms with van der Waals surface area (Å²) in [5.41, 5.74) is 2.17. The number of aldehydes is 1. The summed E-state index contributed by atoms with van der Waals surface area (Å²) < 4.78 is 16.4. The van der Waals surface area contributed by atoms with Crippen LogP contribution in [0, 0.1) is 5.92 Å². The molecule has 3 aromatic carbocycles. The minimum absolute atomic E-state index is 0.0419. The number of likely N-dealkylation sites (tertiary alicyclic amines) is 1. The Morgan fingerprint density at radius 3 is 2.38 bits per heavy atom. The zero-order chi connectivity index (χ0) is 22.3. The van der Waals surface area contributed by atoms with Crippen LogP contribution in [0.15, 0.2) is 78.9 Å². The van der Waals surface area contributed by atoms with E-state index in [1.165, 1.54) is 4.90 Å². The fraction of sp³-hybridized carbons (Fsp3) is 0.231. The minimum atomic E-state index is -0.525. The van der Waals surface area contributed by atoms with Gasteiger partial charge in [0, 0.05) is 12.5 Å². The van der Waals surface area contributed by atoms with Crippen molar-refractivity contribution >= 4 is 12.4 Å². The highest BCUT2D eigenvalue weighted by atomic mass is 16.6. The van der Waals surface area contributed by atoms with Gasteiger partial charge in [-0.2, -0.15) is 0 Å². The van der Waals surface area contributed by atoms with Crippen molar-refractivity contribution in [3.05, 3.63) is 90.0 Å². The van der Waals surface area contributed by atoms with E-state index in [9.17, 15) is 9.59 Å². The molecule has 0 unspecified atom stereocenters. The monoisotopic (exact) mass is 431 g/mol. The fourth-order valence-electron chi connectivity index (χ4n) is 3.77. The van der Waals surface area contributed by atoms with Crippen molar-refractivity contribution in [3.8, 4) is 17.2 Å². The highest BCUT2D eigenvalue weighted by Gasteiger charge is 2.42. The summed E-state index contributed by atoms with van der Waals surface area (Å²) in [4.78, 5) is 25.6. The lowest BCUT2D eigenvalue weighted by molar-refractivity contribution is -0.118. The van der Waals surface area contributed by atoms with E-state index in [1.807, 2.05) is 54.6 Å². The third-order valence-corrected chi connectivity index (χ3v) is 5.56. The van der Waals surface area contributed by atoms with Gasteiger partial charge in [-0.3, -0.25) is 4.90 Å². The first-order valence-corrected chi connectivity index (χ1v) is 10.5. The lowest BCUT2D eigenvalue weighted by atomic mass is 9.84. The van der Waals surface area contributed by atoms with Gasteiger partial charge in [0.1, 0.15) is 30.1 Å². The molecule has 1 fully saturated rings. The van der Waals surface area contributed by atoms with Crippen LogP contribution in [0.3, 0.4) is 0 Å². The quantitative estimate of drug-likeness (QED) is 0.491. The molecule has 0 radical (unpaired) electrons. The van der Waals surface area contributed by atoms with Gasteiger partial charge in [0.05, 0.1) is 13.2 Å². The van der Waals surface area contributed by atoms with Crippen molar-refractivity contribution < 1.29 is 23.8 Å². The van der Waals surface area contributed by atoms with Gasteiger partial charge < -0.3 is 19.0 Å². The van der Waals surface area contributed by atoms with Crippen molar-refractivity contribution in [1.29, 1.82) is 0 Å². The molecule has 1 heterocycles. The number of ether oxygens (including phenoxy) is 3. The van der Waals surface area contributed by atoms with Gasteiger partial charge in [-0.1, -0.05) is 42.5 Å². The second kappa shape index (κ2) is 10.0. The van der Waals surface area contributed by atoms with Gasteiger partial charge >= 0.3 is 6.09 Å². The Hall–Kier alpha value is -3.80. The molecule has 1 aliphatic rings. The zero-order valence-electron chi connectivity index (χ0n) is 17.8. The molecular weight excluding hydrogens is 406 g/mol. The molecule has 0 N–H and O–H groups in total. The molecule has 1 saturated heterocycles. The largest absolute Gasteiger partial charge is 0.497 e. The van der Waals surface area contributed by atoms with Crippen LogP contribution in [0.4, 0.5) is 4.79 Å². The third kappa shape index (κ3) is 5.09. The number of carbonyl (C=O) groups is 2. The van der Waals surface area contributed by atoms with Gasteiger partial charge in [-0.15, -0.1) is 0 Å². The Bertz CT molecular complexity index is 1050. The summed E-state index contributed by atoms with van der Waals surface area (Å²) in [5, 5.41) is 0. The molecule has 0 bridgehead atoms. The van der Waals surface area contributed by atoms with Crippen molar-refractivity contribution in [2.75, 3.05) is 13.7 Å². The molecule has 32 heavy (non-hydrogen) atoms. The van der Waals surface area contributed by atoms with Crippen LogP contribution in [0.25, 0.3) is 0 Å². The molecule has 0 spiro atoms. The van der Waals surface area contributed by atoms with Crippen molar-refractivity contribution in [3.63, 3.8) is 0 Å². The normalized spacial score (nSPS) is 17.2. The van der Waals surface area contributed by atoms with Gasteiger partial charge in [0.15, 0.2) is 0 Å². The number of carbonyl (C=O) groups excluding carboxylic acids is 2. The molecule has 6 heteroatoms. The molecule has 3 aromatic rings. The summed E-state index contributed by atoms with van der Waals surface area (Å²) in [6.07, 6.45) is 0.973. The van der Waals surface area contributed by atoms with E-state index in [0.29, 0.717) is 31.1 Å². The van der Waals surface area contributed by atoms with Gasteiger partial charge in [-0.05, 0) is 53.9 Å². The maximum atomic E-state index is 12.5. The van der Waals surface area contributed by atoms with Crippen LogP contribution in [-0.2, 0) is 17.8 Å². The molecule has 6 nitrogen and oxygen atoms in total. The average Bonchev–Trinajstić information content (AvgIpc) is 2.82. The fourth-order valence-corrected chi connectivity index (χ4v) is 3.77. The molecule has 1 aliphatic heterocycles. The maximum Gasteiger partial charge on any atom is 0.415 e. The molecule has 2 atom stereocenters. The van der Waals surface area contributed by atoms with E-state index in [0.717, 1.165) is 23.2 Å². The Morgan fingerprint density at radius 1 is 0.938 bits per heavy atom. The van der Waals surface area contributed by atoms with Crippen LogP contribution >= 0.6 is 0 Å². The Labute approximate surface area is 187 Å². The van der Waals surface area contributed by atoms with Crippen LogP contribution in [0.5, 0.6) is 17.2 Å². The zero-order valence-corrected chi connectivity index (χ0v) is 17.8. The highest BCUT2D eigenvalue weighted by molar-refractivity contribution is 5.77. The Kier molecular flexibility index (Phi) is 6.70. The summed E-state index contributed by atoms with van der Waals surface area (Å²) >= 11 is 0. The second-order valence-electron chi connectivity index (χ2n) is 7.71. The van der Waals surface area contributed by atoms with E-state index in [-0.39, 0.29) is 5.92 Å². The molecule has 0 saturated carbocycles. The number of amides is 1. The number of nitrogens with zero attached hydrogens (tertiary/aromatic N) is 1. The van der Waals surface area contributed by atoms with Crippen LogP contribution in [0.2, 0.25) is 0 Å². The summed E-state index contributed by atoms with van der Waals surface area (Å²) in [6.45, 7) is 0.961. The molecule has 0 aromatic heterocycles. The number of methoxy groups -OCH3 is 1. The molecule has 0 aliphatic carbocycles. The Morgan fingerprint density at radius 2 is 1.66 bits per heavy atom. The van der Waals surface area contributed by atoms with E-state index in [2.05, 4.69) is 0 Å². The summed E-state index contributed by atoms with van der Waals surface area (Å²) in [6, 6.07) is 24.1. The van der Waals surface area contributed by atoms with Crippen molar-refractivity contribution in [2.45, 2.75) is 19.1 Å². The predicted molar refractivity (Wildman–Crippen MR) is 120 cm³/mol. The first-order chi connectivity index (χ1) is 15.7. The number of benzene rings is 3. The standard InChI is InChI=1S/C26H25NO5/c1-30-22-10-12-23(13-11-22)32-26(29)27-16-21(25(27)17-28)14-20-8-5-9-24(15-20)31-18-19-6-3-2-4-7-19/h2-13,15,17,21,25H,14,16,18H2,1H3/t21-,25-/m1/s1. The van der Waals surface area contributed by atoms with E-state index in [1.54, 1.807) is 31.4 Å². The molecule has 164 valence electrons. The van der Waals surface area contributed by atoms with E-state index < -0.39 is 12.1 Å². The topological polar surface area (TPSA) is 65.1 Å². The molecular formula is C26H25NO5. The van der Waals surface area contributed by atoms with Gasteiger partial charge in [0.25, 0.3) is 0 Å². The SMILES string of the molecule is COc1ccc(OC(=O)N2C[C@@H](Cc3cccc(OCc4ccccc4)c3)[C@H]2C=O)cc1. The second-order valence-corrected chi connectivity index (χ2v) is 7.71. The average molecular weight is 431 g/mol. The number of hydrogen-bond acceptors (Lipinski definition) is 5. The van der Waals surface area contributed by atoms with Crippen LogP contribution in [0.1, 0.15) is 11.1 Å². The maximum absolute atomic E-state index is 12.5. The minimum Gasteiger partial charge on any atom is -0.497 e. The van der Waals surface area contributed by atoms with E-state index in [4.69, 9.17) is 14.2 Å². The third-order valence-electron chi connectivity index (χ3n) is 5.56. The number of rotatable bonds is 8. The van der Waals surface area contributed by atoms with E-state index >= 15 is 0 Å². The lowest BCUT2D eigenvalue weighted by Crippen LogP contribution is -2.60. The van der Waals surface area contributed by atoms with Gasteiger partial charge in [0.2, 0.25) is 0 Å². The van der Waals surface area contributed by atoms with Crippen LogP contribution in [-0.4, -0.2) is 37.0 Å². The summed E-state index contributed by atoms with van der Waals surface area (Å²) in [7, 11) is 1.57. The highest BCUT2D eigenvalue weighted by Crippen LogP contribution is 2.30. The predicted octanol–water partition coefficient (Wildman–Crippen LogP) is 4.52. The van der Waals surface area contributed by atoms with Gasteiger partial charge in [-0.25, -0.2) is 4.79 Å². The number of hydrogen-bond donors (Lipinski definition) is 0. The summed E-state index contributed by atoms with van der Waals surface area (Å²) in [5.74, 6) is 1.91. The molecule has 4 rings (SSSR count). The smallest absolute Gasteiger partial charge is 0.415 e. The van der Waals surface area contributed by atoms with Crippen LogP contribution < -0.4 is 14.2 Å². The lowest BCUT2D eigenvalue weighted by Gasteiger charge is -2.44.